The first-order valence-corrected chi connectivity index (χ1v) is 6.73. The molecule has 0 aromatic carbocycles. The molecule has 4 nitrogen and oxygen atoms in total. The molecule has 1 aliphatic carbocycles. The summed E-state index contributed by atoms with van der Waals surface area (Å²) in [5.41, 5.74) is 0. The summed E-state index contributed by atoms with van der Waals surface area (Å²) < 4.78 is 31.7. The summed E-state index contributed by atoms with van der Waals surface area (Å²) in [6.07, 6.45) is 2.62. The molecule has 1 N–H and O–H groups in total. The van der Waals surface area contributed by atoms with Crippen molar-refractivity contribution in [3.05, 3.63) is 0 Å². The first-order chi connectivity index (χ1) is 6.59. The lowest BCUT2D eigenvalue weighted by Gasteiger charge is -2.28. The molecular weight excluding hydrogens is 202 g/mol. The average molecular weight is 219 g/mol. The molecule has 0 radical (unpaired) electrons. The third-order valence-corrected chi connectivity index (χ3v) is 5.03. The highest BCUT2D eigenvalue weighted by atomic mass is 32.2. The summed E-state index contributed by atoms with van der Waals surface area (Å²) in [5.74, 6) is 0.111. The number of hydrogen-bond donors (Lipinski definition) is 1. The average Bonchev–Trinajstić information content (AvgIpc) is 2.88. The van der Waals surface area contributed by atoms with E-state index in [1.807, 2.05) is 6.92 Å². The summed E-state index contributed by atoms with van der Waals surface area (Å²) in [6, 6.07) is 0.218. The monoisotopic (exact) mass is 219 g/mol. The van der Waals surface area contributed by atoms with Crippen molar-refractivity contribution in [2.45, 2.75) is 37.5 Å². The molecule has 14 heavy (non-hydrogen) atoms. The number of hydrogen-bond acceptors (Lipinski definition) is 3. The van der Waals surface area contributed by atoms with Gasteiger partial charge in [0.1, 0.15) is 0 Å². The van der Waals surface area contributed by atoms with Crippen LogP contribution in [0.25, 0.3) is 0 Å². The van der Waals surface area contributed by atoms with E-state index in [0.717, 1.165) is 12.8 Å². The van der Waals surface area contributed by atoms with E-state index in [1.165, 1.54) is 0 Å². The van der Waals surface area contributed by atoms with Crippen LogP contribution in [0.4, 0.5) is 0 Å². The van der Waals surface area contributed by atoms with Crippen LogP contribution < -0.4 is 4.72 Å². The van der Waals surface area contributed by atoms with E-state index in [2.05, 4.69) is 4.72 Å². The van der Waals surface area contributed by atoms with Crippen LogP contribution in [0.2, 0.25) is 0 Å². The lowest BCUT2D eigenvalue weighted by atomic mass is 10.0. The summed E-state index contributed by atoms with van der Waals surface area (Å²) in [7, 11) is -3.10. The predicted molar refractivity (Wildman–Crippen MR) is 53.5 cm³/mol. The molecule has 0 bridgehead atoms. The minimum atomic E-state index is -3.10. The van der Waals surface area contributed by atoms with Gasteiger partial charge < -0.3 is 4.74 Å². The van der Waals surface area contributed by atoms with E-state index in [0.29, 0.717) is 19.6 Å². The molecule has 2 atom stereocenters. The maximum absolute atomic E-state index is 11.9. The van der Waals surface area contributed by atoms with E-state index in [-0.39, 0.29) is 17.2 Å². The van der Waals surface area contributed by atoms with Crippen LogP contribution in [-0.4, -0.2) is 32.9 Å². The van der Waals surface area contributed by atoms with Gasteiger partial charge in [0.05, 0.1) is 11.9 Å². The van der Waals surface area contributed by atoms with Crippen LogP contribution in [0.5, 0.6) is 0 Å². The van der Waals surface area contributed by atoms with Gasteiger partial charge in [-0.05, 0) is 25.2 Å². The molecule has 0 spiro atoms. The van der Waals surface area contributed by atoms with Gasteiger partial charge in [-0.25, -0.2) is 13.1 Å². The van der Waals surface area contributed by atoms with E-state index in [1.54, 1.807) is 0 Å². The van der Waals surface area contributed by atoms with Gasteiger partial charge in [-0.2, -0.15) is 0 Å². The molecule has 2 fully saturated rings. The molecule has 2 rings (SSSR count). The minimum absolute atomic E-state index is 0.111. The molecule has 1 aliphatic heterocycles. The highest BCUT2D eigenvalue weighted by molar-refractivity contribution is 7.90. The second-order valence-electron chi connectivity index (χ2n) is 4.32. The molecule has 5 heteroatoms. The predicted octanol–water partition coefficient (Wildman–Crippen LogP) is 0.493. The van der Waals surface area contributed by atoms with Crippen molar-refractivity contribution in [3.8, 4) is 0 Å². The zero-order valence-electron chi connectivity index (χ0n) is 8.40. The summed E-state index contributed by atoms with van der Waals surface area (Å²) in [6.45, 7) is 3.08. The van der Waals surface area contributed by atoms with Crippen LogP contribution in [0.1, 0.15) is 26.2 Å². The zero-order chi connectivity index (χ0) is 10.2. The molecule has 0 aromatic rings. The van der Waals surface area contributed by atoms with Crippen LogP contribution in [-0.2, 0) is 14.8 Å². The minimum Gasteiger partial charge on any atom is -0.381 e. The number of nitrogens with one attached hydrogen (secondary N) is 1. The third kappa shape index (κ3) is 2.27. The lowest BCUT2D eigenvalue weighted by Crippen LogP contribution is -2.43. The highest BCUT2D eigenvalue weighted by Gasteiger charge is 2.37. The Morgan fingerprint density at radius 3 is 2.57 bits per heavy atom. The van der Waals surface area contributed by atoms with E-state index in [4.69, 9.17) is 4.74 Å². The quantitative estimate of drug-likeness (QED) is 0.751. The highest BCUT2D eigenvalue weighted by Crippen LogP contribution is 2.25. The van der Waals surface area contributed by atoms with E-state index >= 15 is 0 Å². The van der Waals surface area contributed by atoms with Crippen molar-refractivity contribution in [1.29, 1.82) is 0 Å². The first-order valence-electron chi connectivity index (χ1n) is 5.18. The van der Waals surface area contributed by atoms with Gasteiger partial charge in [0.15, 0.2) is 0 Å². The fourth-order valence-electron chi connectivity index (χ4n) is 1.84. The molecular formula is C9H17NO3S. The van der Waals surface area contributed by atoms with Gasteiger partial charge in [-0.3, -0.25) is 0 Å². The maximum Gasteiger partial charge on any atom is 0.215 e. The molecule has 1 saturated carbocycles. The second kappa shape index (κ2) is 3.79. The topological polar surface area (TPSA) is 55.4 Å². The molecule has 1 heterocycles. The standard InChI is InChI=1S/C9H17NO3S/c1-7-6-13-5-4-9(7)14(11,12)10-8-2-3-8/h7-10H,2-6H2,1H3/t7-,9-/m1/s1. The Balaban J connectivity index is 2.02. The normalized spacial score (nSPS) is 34.4. The maximum atomic E-state index is 11.9. The molecule has 1 saturated heterocycles. The van der Waals surface area contributed by atoms with Crippen molar-refractivity contribution < 1.29 is 13.2 Å². The van der Waals surface area contributed by atoms with Crippen LogP contribution >= 0.6 is 0 Å². The van der Waals surface area contributed by atoms with Gasteiger partial charge in [0, 0.05) is 12.6 Å². The largest absolute Gasteiger partial charge is 0.381 e. The van der Waals surface area contributed by atoms with Gasteiger partial charge in [-0.15, -0.1) is 0 Å². The van der Waals surface area contributed by atoms with Gasteiger partial charge in [0.25, 0.3) is 0 Å². The van der Waals surface area contributed by atoms with Crippen molar-refractivity contribution in [1.82, 2.24) is 4.72 Å². The van der Waals surface area contributed by atoms with Crippen LogP contribution in [0, 0.1) is 5.92 Å². The van der Waals surface area contributed by atoms with Crippen molar-refractivity contribution in [2.24, 2.45) is 5.92 Å². The van der Waals surface area contributed by atoms with Crippen molar-refractivity contribution in [3.63, 3.8) is 0 Å². The number of sulfonamides is 1. The summed E-state index contributed by atoms with van der Waals surface area (Å²) in [4.78, 5) is 0. The van der Waals surface area contributed by atoms with Gasteiger partial charge >= 0.3 is 0 Å². The molecule has 82 valence electrons. The van der Waals surface area contributed by atoms with Gasteiger partial charge in [0.2, 0.25) is 10.0 Å². The Hall–Kier alpha value is -0.130. The Morgan fingerprint density at radius 2 is 2.00 bits per heavy atom. The van der Waals surface area contributed by atoms with Crippen LogP contribution in [0.15, 0.2) is 0 Å². The Kier molecular flexibility index (Phi) is 2.81. The SMILES string of the molecule is C[C@@H]1COCC[C@H]1S(=O)(=O)NC1CC1. The molecule has 2 aliphatic rings. The van der Waals surface area contributed by atoms with Crippen molar-refractivity contribution >= 4 is 10.0 Å². The Labute approximate surface area is 85.1 Å². The van der Waals surface area contributed by atoms with E-state index in [9.17, 15) is 8.42 Å². The smallest absolute Gasteiger partial charge is 0.215 e. The first kappa shape index (κ1) is 10.4. The van der Waals surface area contributed by atoms with Gasteiger partial charge in [-0.1, -0.05) is 6.92 Å². The Morgan fingerprint density at radius 1 is 1.29 bits per heavy atom. The molecule has 0 aromatic heterocycles. The fraction of sp³-hybridized carbons (Fsp3) is 1.00. The number of ether oxygens (including phenoxy) is 1. The van der Waals surface area contributed by atoms with Crippen LogP contribution in [0.3, 0.4) is 0 Å². The molecule has 0 unspecified atom stereocenters. The Bertz CT molecular complexity index is 297. The third-order valence-electron chi connectivity index (χ3n) is 2.87. The second-order valence-corrected chi connectivity index (χ2v) is 6.25. The fourth-order valence-corrected chi connectivity index (χ4v) is 3.81. The molecule has 0 amide bonds. The summed E-state index contributed by atoms with van der Waals surface area (Å²) in [5, 5.41) is -0.253. The lowest BCUT2D eigenvalue weighted by molar-refractivity contribution is 0.0635. The zero-order valence-corrected chi connectivity index (χ0v) is 9.22. The van der Waals surface area contributed by atoms with Crippen molar-refractivity contribution in [2.75, 3.05) is 13.2 Å². The summed E-state index contributed by atoms with van der Waals surface area (Å²) >= 11 is 0. The van der Waals surface area contributed by atoms with E-state index < -0.39 is 10.0 Å². The number of rotatable bonds is 3.